The van der Waals surface area contributed by atoms with Gasteiger partial charge >= 0.3 is 5.97 Å². The van der Waals surface area contributed by atoms with Crippen LogP contribution >= 0.6 is 0 Å². The highest BCUT2D eigenvalue weighted by molar-refractivity contribution is 5.79. The Kier molecular flexibility index (Phi) is 3.77. The molecule has 0 spiro atoms. The maximum atomic E-state index is 12.8. The van der Waals surface area contributed by atoms with Crippen LogP contribution in [-0.4, -0.2) is 16.7 Å². The van der Waals surface area contributed by atoms with Gasteiger partial charge in [0.1, 0.15) is 6.61 Å². The lowest BCUT2D eigenvalue weighted by atomic mass is 9.89. The lowest BCUT2D eigenvalue weighted by molar-refractivity contribution is -0.168. The van der Waals surface area contributed by atoms with Crippen LogP contribution in [0.2, 0.25) is 0 Å². The molecule has 0 bridgehead atoms. The molecule has 1 unspecified atom stereocenters. The molecule has 96 valence electrons. The quantitative estimate of drug-likeness (QED) is 0.838. The first-order valence-electron chi connectivity index (χ1n) is 5.88. The van der Waals surface area contributed by atoms with E-state index in [1.807, 2.05) is 30.3 Å². The Labute approximate surface area is 105 Å². The Bertz CT molecular complexity index is 455. The first kappa shape index (κ1) is 12.8. The number of hydrogen-bond acceptors (Lipinski definition) is 3. The lowest BCUT2D eigenvalue weighted by Gasteiger charge is -2.27. The number of esters is 1. The van der Waals surface area contributed by atoms with Crippen molar-refractivity contribution >= 4 is 5.97 Å². The van der Waals surface area contributed by atoms with E-state index < -0.39 is 11.6 Å². The molecule has 0 amide bonds. The van der Waals surface area contributed by atoms with E-state index in [0.29, 0.717) is 0 Å². The van der Waals surface area contributed by atoms with Gasteiger partial charge in [-0.1, -0.05) is 30.3 Å². The molecule has 18 heavy (non-hydrogen) atoms. The average Bonchev–Trinajstić information content (AvgIpc) is 2.41. The largest absolute Gasteiger partial charge is 0.459 e. The third kappa shape index (κ3) is 2.96. The molecule has 1 aromatic rings. The summed E-state index contributed by atoms with van der Waals surface area (Å²) in [5.41, 5.74) is -0.725. The van der Waals surface area contributed by atoms with Crippen molar-refractivity contribution in [3.05, 3.63) is 47.8 Å². The summed E-state index contributed by atoms with van der Waals surface area (Å²) < 4.78 is 17.9. The maximum absolute atomic E-state index is 12.8. The van der Waals surface area contributed by atoms with Gasteiger partial charge in [-0.15, -0.1) is 0 Å². The molecular formula is C14H15FO3. The molecule has 0 fully saturated rings. The van der Waals surface area contributed by atoms with Crippen LogP contribution in [0.3, 0.4) is 0 Å². The number of ether oxygens (including phenoxy) is 1. The summed E-state index contributed by atoms with van der Waals surface area (Å²) in [4.78, 5) is 11.8. The molecule has 4 heteroatoms. The van der Waals surface area contributed by atoms with Crippen LogP contribution in [0.1, 0.15) is 24.8 Å². The topological polar surface area (TPSA) is 46.5 Å². The number of allylic oxidation sites excluding steroid dienone is 1. The Balaban J connectivity index is 1.92. The zero-order chi connectivity index (χ0) is 13.0. The summed E-state index contributed by atoms with van der Waals surface area (Å²) in [6, 6.07) is 9.22. The maximum Gasteiger partial charge on any atom is 0.338 e. The van der Waals surface area contributed by atoms with Crippen LogP contribution < -0.4 is 0 Å². The first-order chi connectivity index (χ1) is 8.60. The predicted molar refractivity (Wildman–Crippen MR) is 64.2 cm³/mol. The van der Waals surface area contributed by atoms with Crippen molar-refractivity contribution in [2.45, 2.75) is 31.5 Å². The van der Waals surface area contributed by atoms with Gasteiger partial charge < -0.3 is 9.84 Å². The van der Waals surface area contributed by atoms with E-state index in [2.05, 4.69) is 0 Å². The van der Waals surface area contributed by atoms with E-state index in [-0.39, 0.29) is 31.7 Å². The van der Waals surface area contributed by atoms with E-state index >= 15 is 0 Å². The zero-order valence-corrected chi connectivity index (χ0v) is 9.93. The van der Waals surface area contributed by atoms with Crippen molar-refractivity contribution in [3.63, 3.8) is 0 Å². The normalized spacial score (nSPS) is 23.3. The average molecular weight is 250 g/mol. The monoisotopic (exact) mass is 250 g/mol. The minimum Gasteiger partial charge on any atom is -0.459 e. The summed E-state index contributed by atoms with van der Waals surface area (Å²) in [6.07, 6.45) is 1.37. The van der Waals surface area contributed by atoms with Gasteiger partial charge in [0.25, 0.3) is 0 Å². The number of aliphatic hydroxyl groups is 1. The number of hydrogen-bond donors (Lipinski definition) is 1. The third-order valence-electron chi connectivity index (χ3n) is 3.03. The first-order valence-corrected chi connectivity index (χ1v) is 5.88. The van der Waals surface area contributed by atoms with Crippen molar-refractivity contribution in [2.75, 3.05) is 0 Å². The third-order valence-corrected chi connectivity index (χ3v) is 3.03. The molecule has 0 heterocycles. The summed E-state index contributed by atoms with van der Waals surface area (Å²) in [5, 5.41) is 10.0. The number of benzene rings is 1. The van der Waals surface area contributed by atoms with Crippen LogP contribution in [0.25, 0.3) is 0 Å². The summed E-state index contributed by atoms with van der Waals surface area (Å²) in [5.74, 6) is -0.967. The van der Waals surface area contributed by atoms with Gasteiger partial charge in [-0.3, -0.25) is 0 Å². The molecule has 1 aromatic carbocycles. The van der Waals surface area contributed by atoms with E-state index in [0.717, 1.165) is 5.56 Å². The van der Waals surface area contributed by atoms with Gasteiger partial charge in [0.2, 0.25) is 0 Å². The number of carbonyl (C=O) groups excluding carboxylic acids is 1. The lowest BCUT2D eigenvalue weighted by Crippen LogP contribution is -2.41. The van der Waals surface area contributed by atoms with Crippen LogP contribution in [0, 0.1) is 0 Å². The second kappa shape index (κ2) is 5.31. The van der Waals surface area contributed by atoms with Crippen LogP contribution in [0.4, 0.5) is 4.39 Å². The molecule has 0 saturated heterocycles. The van der Waals surface area contributed by atoms with Gasteiger partial charge in [0.05, 0.1) is 5.83 Å². The van der Waals surface area contributed by atoms with Crippen LogP contribution in [0.5, 0.6) is 0 Å². The minimum absolute atomic E-state index is 0.0214. The molecule has 0 saturated carbocycles. The second-order valence-corrected chi connectivity index (χ2v) is 4.45. The number of halogens is 1. The second-order valence-electron chi connectivity index (χ2n) is 4.45. The highest BCUT2D eigenvalue weighted by Crippen LogP contribution is 2.29. The fourth-order valence-electron chi connectivity index (χ4n) is 1.85. The van der Waals surface area contributed by atoms with Crippen molar-refractivity contribution < 1.29 is 19.0 Å². The van der Waals surface area contributed by atoms with Gasteiger partial charge in [0, 0.05) is 12.8 Å². The van der Waals surface area contributed by atoms with Crippen molar-refractivity contribution in [2.24, 2.45) is 0 Å². The molecule has 1 atom stereocenters. The Morgan fingerprint density at radius 2 is 2.11 bits per heavy atom. The summed E-state index contributed by atoms with van der Waals surface area (Å²) in [7, 11) is 0. The highest BCUT2D eigenvalue weighted by Gasteiger charge is 2.38. The smallest absolute Gasteiger partial charge is 0.338 e. The Hall–Kier alpha value is -1.68. The van der Waals surface area contributed by atoms with E-state index in [9.17, 15) is 14.3 Å². The van der Waals surface area contributed by atoms with Gasteiger partial charge in [-0.2, -0.15) is 0 Å². The molecule has 0 aliphatic heterocycles. The molecule has 2 rings (SSSR count). The molecular weight excluding hydrogens is 235 g/mol. The summed E-state index contributed by atoms with van der Waals surface area (Å²) >= 11 is 0. The van der Waals surface area contributed by atoms with E-state index in [1.165, 1.54) is 6.08 Å². The molecule has 0 radical (unpaired) electrons. The zero-order valence-electron chi connectivity index (χ0n) is 9.93. The van der Waals surface area contributed by atoms with Gasteiger partial charge in [-0.25, -0.2) is 9.18 Å². The van der Waals surface area contributed by atoms with Crippen LogP contribution in [-0.2, 0) is 16.1 Å². The Morgan fingerprint density at radius 3 is 2.72 bits per heavy atom. The molecule has 0 aromatic heterocycles. The van der Waals surface area contributed by atoms with Gasteiger partial charge in [-0.05, 0) is 18.1 Å². The van der Waals surface area contributed by atoms with Gasteiger partial charge in [0.15, 0.2) is 5.60 Å². The van der Waals surface area contributed by atoms with Crippen molar-refractivity contribution in [1.82, 2.24) is 0 Å². The van der Waals surface area contributed by atoms with Crippen LogP contribution in [0.15, 0.2) is 42.2 Å². The van der Waals surface area contributed by atoms with E-state index in [1.54, 1.807) is 0 Å². The van der Waals surface area contributed by atoms with Crippen molar-refractivity contribution in [1.29, 1.82) is 0 Å². The van der Waals surface area contributed by atoms with Crippen molar-refractivity contribution in [3.8, 4) is 0 Å². The molecule has 1 aliphatic carbocycles. The fraction of sp³-hybridized carbons (Fsp3) is 0.357. The standard InChI is InChI=1S/C14H15FO3/c15-12-6-8-14(17,9-7-12)13(16)18-10-11-4-2-1-3-5-11/h1-6,17H,7-10H2. The number of carbonyl (C=O) groups is 1. The van der Waals surface area contributed by atoms with E-state index in [4.69, 9.17) is 4.74 Å². The molecule has 1 aliphatic rings. The fourth-order valence-corrected chi connectivity index (χ4v) is 1.85. The summed E-state index contributed by atoms with van der Waals surface area (Å²) in [6.45, 7) is 0.119. The minimum atomic E-state index is -1.58. The number of rotatable bonds is 3. The molecule has 1 N–H and O–H groups in total. The SMILES string of the molecule is O=C(OCc1ccccc1)C1(O)CC=C(F)CC1. The predicted octanol–water partition coefficient (Wildman–Crippen LogP) is 2.50. The Morgan fingerprint density at radius 1 is 1.39 bits per heavy atom. The highest BCUT2D eigenvalue weighted by atomic mass is 19.1. The molecule has 3 nitrogen and oxygen atoms in total.